The first-order valence-corrected chi connectivity index (χ1v) is 14.1. The van der Waals surface area contributed by atoms with E-state index in [4.69, 9.17) is 28.8 Å². The van der Waals surface area contributed by atoms with Crippen molar-refractivity contribution in [2.45, 2.75) is 0 Å². The van der Waals surface area contributed by atoms with Gasteiger partial charge in [-0.3, -0.25) is 0 Å². The molecule has 0 aliphatic carbocycles. The largest absolute Gasteiger partial charge is 0.449 e. The molecule has 0 atom stereocenters. The molecular formula is C2H20O7Si8. The highest BCUT2D eigenvalue weighted by molar-refractivity contribution is 6.49. The third-order valence-corrected chi connectivity index (χ3v) is 10.7. The van der Waals surface area contributed by atoms with Crippen LogP contribution >= 0.6 is 0 Å². The number of hydrogen-bond acceptors (Lipinski definition) is 7. The Morgan fingerprint density at radius 1 is 0.706 bits per heavy atom. The van der Waals surface area contributed by atoms with E-state index in [2.05, 4.69) is 6.58 Å². The third kappa shape index (κ3) is 17.2. The lowest BCUT2D eigenvalue weighted by atomic mass is 11.3. The molecule has 102 valence electrons. The molecule has 17 heavy (non-hydrogen) atoms. The van der Waals surface area contributed by atoms with E-state index in [1.165, 1.54) is 0 Å². The minimum Gasteiger partial charge on any atom is -0.449 e. The van der Waals surface area contributed by atoms with Crippen molar-refractivity contribution in [2.24, 2.45) is 0 Å². The average molecular weight is 381 g/mol. The van der Waals surface area contributed by atoms with E-state index in [1.54, 1.807) is 0 Å². The predicted molar refractivity (Wildman–Crippen MR) is 87.5 cm³/mol. The molecule has 0 saturated heterocycles. The molecular weight excluding hydrogens is 361 g/mol. The Morgan fingerprint density at radius 2 is 1.12 bits per heavy atom. The van der Waals surface area contributed by atoms with E-state index in [9.17, 15) is 0 Å². The summed E-state index contributed by atoms with van der Waals surface area (Å²) in [5.41, 5.74) is 1.85. The smallest absolute Gasteiger partial charge is 0.286 e. The van der Waals surface area contributed by atoms with Crippen molar-refractivity contribution in [3.05, 3.63) is 12.3 Å². The van der Waals surface area contributed by atoms with Crippen LogP contribution in [0.25, 0.3) is 0 Å². The summed E-state index contributed by atoms with van der Waals surface area (Å²) in [5.74, 6) is 0. The molecule has 0 amide bonds. The molecule has 0 radical (unpaired) electrons. The SMILES string of the molecule is C=C[SiH2]O[SiH2]O[SiH2]O[SiH2]O[SiH2]O[SiH2]O[SiH2]O[SiH3]. The third-order valence-electron chi connectivity index (χ3n) is 1.27. The standard InChI is InChI=1S/C2H20O7Si8/c1-2-11-4-13-6-15-8-17-9-16-7-14-5-12-3-10/h2H,1,11-17H2,10H3. The van der Waals surface area contributed by atoms with Gasteiger partial charge in [0.05, 0.1) is 0 Å². The minimum absolute atomic E-state index is 0.516. The van der Waals surface area contributed by atoms with Crippen molar-refractivity contribution in [3.8, 4) is 0 Å². The quantitative estimate of drug-likeness (QED) is 0.219. The zero-order valence-electron chi connectivity index (χ0n) is 10.1. The van der Waals surface area contributed by atoms with E-state index in [1.807, 2.05) is 5.70 Å². The summed E-state index contributed by atoms with van der Waals surface area (Å²) >= 11 is 0. The minimum atomic E-state index is -0.883. The summed E-state index contributed by atoms with van der Waals surface area (Å²) in [7, 11) is -4.72. The van der Waals surface area contributed by atoms with Crippen molar-refractivity contribution in [2.75, 3.05) is 0 Å². The summed E-state index contributed by atoms with van der Waals surface area (Å²) in [4.78, 5) is 0. The molecule has 0 rings (SSSR count). The topological polar surface area (TPSA) is 64.6 Å². The zero-order valence-corrected chi connectivity index (χ0v) is 22.0. The molecule has 0 aromatic carbocycles. The fourth-order valence-corrected chi connectivity index (χ4v) is 12.9. The Balaban J connectivity index is 2.87. The van der Waals surface area contributed by atoms with E-state index < -0.39 is 69.8 Å². The maximum absolute atomic E-state index is 5.34. The summed E-state index contributed by atoms with van der Waals surface area (Å²) in [6.07, 6.45) is 0. The van der Waals surface area contributed by atoms with Crippen LogP contribution in [0.15, 0.2) is 12.3 Å². The highest BCUT2D eigenvalue weighted by atomic mass is 28.4. The summed E-state index contributed by atoms with van der Waals surface area (Å²) in [6, 6.07) is 0. The average Bonchev–Trinajstić information content (AvgIpc) is 2.35. The molecule has 0 bridgehead atoms. The van der Waals surface area contributed by atoms with Crippen molar-refractivity contribution in [1.82, 2.24) is 0 Å². The van der Waals surface area contributed by atoms with Crippen molar-refractivity contribution >= 4 is 80.3 Å². The molecule has 0 aromatic rings. The molecule has 0 heterocycles. The van der Waals surface area contributed by atoms with Gasteiger partial charge in [-0.1, -0.05) is 5.70 Å². The van der Waals surface area contributed by atoms with Crippen LogP contribution in [-0.4, -0.2) is 80.3 Å². The fraction of sp³-hybridized carbons (Fsp3) is 0. The van der Waals surface area contributed by atoms with Gasteiger partial charge in [0.25, 0.3) is 60.0 Å². The van der Waals surface area contributed by atoms with E-state index >= 15 is 0 Å². The molecule has 0 spiro atoms. The lowest BCUT2D eigenvalue weighted by molar-refractivity contribution is 0.372. The Hall–Kier alpha value is 1.20. The van der Waals surface area contributed by atoms with Gasteiger partial charge in [-0.15, -0.1) is 6.58 Å². The Labute approximate surface area is 121 Å². The van der Waals surface area contributed by atoms with Gasteiger partial charge in [-0.05, 0) is 0 Å². The van der Waals surface area contributed by atoms with Gasteiger partial charge >= 0.3 is 0 Å². The Kier molecular flexibility index (Phi) is 18.4. The van der Waals surface area contributed by atoms with Gasteiger partial charge in [0, 0.05) is 0 Å². The second-order valence-corrected chi connectivity index (χ2v) is 17.1. The molecule has 0 unspecified atom stereocenters. The Morgan fingerprint density at radius 3 is 1.53 bits per heavy atom. The van der Waals surface area contributed by atoms with Crippen LogP contribution in [0.5, 0.6) is 0 Å². The zero-order chi connectivity index (χ0) is 12.6. The van der Waals surface area contributed by atoms with E-state index in [0.717, 1.165) is 10.5 Å². The second-order valence-electron chi connectivity index (χ2n) is 2.68. The number of hydrogen-bond donors (Lipinski definition) is 0. The van der Waals surface area contributed by atoms with Crippen LogP contribution in [0.4, 0.5) is 0 Å². The summed E-state index contributed by atoms with van der Waals surface area (Å²) < 4.78 is 36.8. The van der Waals surface area contributed by atoms with Crippen molar-refractivity contribution in [3.63, 3.8) is 0 Å². The monoisotopic (exact) mass is 380 g/mol. The van der Waals surface area contributed by atoms with Crippen LogP contribution in [0.1, 0.15) is 0 Å². The second kappa shape index (κ2) is 17.2. The maximum Gasteiger partial charge on any atom is 0.286 e. The normalized spacial score (nSPS) is 15.8. The van der Waals surface area contributed by atoms with Gasteiger partial charge in [0.1, 0.15) is 10.5 Å². The molecule has 0 fully saturated rings. The van der Waals surface area contributed by atoms with Crippen molar-refractivity contribution in [1.29, 1.82) is 0 Å². The van der Waals surface area contributed by atoms with Crippen LogP contribution < -0.4 is 0 Å². The van der Waals surface area contributed by atoms with Crippen LogP contribution in [0.2, 0.25) is 0 Å². The molecule has 15 heteroatoms. The molecule has 0 saturated carbocycles. The lowest BCUT2D eigenvalue weighted by Crippen LogP contribution is -2.20. The summed E-state index contributed by atoms with van der Waals surface area (Å²) in [5, 5.41) is 0. The highest BCUT2D eigenvalue weighted by Gasteiger charge is 1.94. The van der Waals surface area contributed by atoms with Crippen LogP contribution in [0, 0.1) is 0 Å². The van der Waals surface area contributed by atoms with Gasteiger partial charge in [0.2, 0.25) is 0 Å². The van der Waals surface area contributed by atoms with Crippen molar-refractivity contribution < 1.29 is 28.8 Å². The number of rotatable bonds is 14. The van der Waals surface area contributed by atoms with Gasteiger partial charge in [0.15, 0.2) is 9.76 Å². The van der Waals surface area contributed by atoms with Crippen LogP contribution in [0.3, 0.4) is 0 Å². The fourth-order valence-electron chi connectivity index (χ4n) is 0.680. The molecule has 0 aliphatic rings. The molecule has 7 nitrogen and oxygen atoms in total. The van der Waals surface area contributed by atoms with Gasteiger partial charge < -0.3 is 28.8 Å². The first-order valence-electron chi connectivity index (χ1n) is 4.98. The highest BCUT2D eigenvalue weighted by Crippen LogP contribution is 1.76. The van der Waals surface area contributed by atoms with E-state index in [-0.39, 0.29) is 0 Å². The molecule has 0 N–H and O–H groups in total. The maximum atomic E-state index is 5.34. The van der Waals surface area contributed by atoms with E-state index in [0.29, 0.717) is 0 Å². The molecule has 0 aliphatic heterocycles. The summed E-state index contributed by atoms with van der Waals surface area (Å²) in [6.45, 7) is 3.61. The first-order chi connectivity index (χ1) is 8.41. The Bertz CT molecular complexity index is 161. The molecule has 0 aromatic heterocycles. The van der Waals surface area contributed by atoms with Crippen LogP contribution in [-0.2, 0) is 28.8 Å². The predicted octanol–water partition coefficient (Wildman–Crippen LogP) is -7.40. The first kappa shape index (κ1) is 18.2. The van der Waals surface area contributed by atoms with Gasteiger partial charge in [-0.2, -0.15) is 0 Å². The lowest BCUT2D eigenvalue weighted by Gasteiger charge is -2.07. The van der Waals surface area contributed by atoms with Gasteiger partial charge in [-0.25, -0.2) is 0 Å².